The lowest BCUT2D eigenvalue weighted by Gasteiger charge is -2.39. The van der Waals surface area contributed by atoms with Gasteiger partial charge in [-0.05, 0) is 6.42 Å². The van der Waals surface area contributed by atoms with Gasteiger partial charge in [0, 0.05) is 13.6 Å². The first kappa shape index (κ1) is 15.8. The summed E-state index contributed by atoms with van der Waals surface area (Å²) in [5.74, 6) is 0. The summed E-state index contributed by atoms with van der Waals surface area (Å²) in [7, 11) is 1.94. The van der Waals surface area contributed by atoms with Crippen molar-refractivity contribution in [2.45, 2.75) is 49.2 Å². The first-order chi connectivity index (χ1) is 9.49. The van der Waals surface area contributed by atoms with Crippen molar-refractivity contribution in [3.8, 4) is 0 Å². The molecule has 0 amide bonds. The van der Waals surface area contributed by atoms with E-state index in [0.717, 1.165) is 18.1 Å². The molecule has 0 spiro atoms. The molecular weight excluding hydrogens is 280 g/mol. The zero-order chi connectivity index (χ0) is 14.9. The molecule has 0 aliphatic carbocycles. The summed E-state index contributed by atoms with van der Waals surface area (Å²) in [6.07, 6.45) is -1.82. The van der Waals surface area contributed by atoms with E-state index < -0.39 is 30.5 Å². The van der Waals surface area contributed by atoms with E-state index in [1.807, 2.05) is 11.9 Å². The first-order valence-electron chi connectivity index (χ1n) is 6.77. The average Bonchev–Trinajstić information content (AvgIpc) is 2.86. The van der Waals surface area contributed by atoms with Crippen LogP contribution in [0.15, 0.2) is 17.6 Å². The van der Waals surface area contributed by atoms with Crippen molar-refractivity contribution in [3.05, 3.63) is 12.7 Å². The fourth-order valence-electron chi connectivity index (χ4n) is 2.41. The number of aliphatic imine (C=N–C) groups is 1. The molecule has 0 unspecified atom stereocenters. The number of aliphatic hydroxyl groups is 3. The largest absolute Gasteiger partial charge is 0.388 e. The van der Waals surface area contributed by atoms with Crippen LogP contribution in [0.2, 0.25) is 0 Å². The predicted octanol–water partition coefficient (Wildman–Crippen LogP) is -0.207. The number of nitrogens with zero attached hydrogens (tertiary/aromatic N) is 2. The Bertz CT molecular complexity index is 393. The van der Waals surface area contributed by atoms with Gasteiger partial charge in [-0.1, -0.05) is 24.8 Å². The van der Waals surface area contributed by atoms with E-state index >= 15 is 0 Å². The Labute approximate surface area is 123 Å². The molecule has 0 saturated carbocycles. The van der Waals surface area contributed by atoms with Crippen LogP contribution in [0.3, 0.4) is 0 Å². The molecule has 6 atom stereocenters. The number of ether oxygens (including phenoxy) is 1. The second-order valence-corrected chi connectivity index (χ2v) is 6.18. The van der Waals surface area contributed by atoms with Gasteiger partial charge < -0.3 is 25.0 Å². The SMILES string of the molecule is C=C[C@H](O)[C@H]1O[C@@H]2SC(N(C)CCC)=N[C@@H]2[C@@H](O)[C@@H]1O. The van der Waals surface area contributed by atoms with E-state index in [4.69, 9.17) is 4.74 Å². The molecule has 114 valence electrons. The normalized spacial score (nSPS) is 38.0. The maximum absolute atomic E-state index is 10.2. The average molecular weight is 302 g/mol. The van der Waals surface area contributed by atoms with Crippen molar-refractivity contribution in [2.75, 3.05) is 13.6 Å². The maximum atomic E-state index is 10.2. The number of amidine groups is 1. The highest BCUT2D eigenvalue weighted by Crippen LogP contribution is 2.38. The molecule has 0 radical (unpaired) electrons. The summed E-state index contributed by atoms with van der Waals surface area (Å²) in [6.45, 7) is 6.42. The number of fused-ring (bicyclic) bond motifs is 1. The Morgan fingerprint density at radius 2 is 2.20 bits per heavy atom. The third kappa shape index (κ3) is 2.87. The molecule has 0 aromatic rings. The lowest BCUT2D eigenvalue weighted by atomic mass is 9.95. The monoisotopic (exact) mass is 302 g/mol. The Morgan fingerprint density at radius 3 is 2.80 bits per heavy atom. The van der Waals surface area contributed by atoms with Gasteiger partial charge in [-0.2, -0.15) is 0 Å². The van der Waals surface area contributed by atoms with Gasteiger partial charge in [0.2, 0.25) is 0 Å². The topological polar surface area (TPSA) is 85.5 Å². The van der Waals surface area contributed by atoms with Gasteiger partial charge in [0.15, 0.2) is 5.17 Å². The van der Waals surface area contributed by atoms with Crippen molar-refractivity contribution in [3.63, 3.8) is 0 Å². The number of aliphatic hydroxyl groups excluding tert-OH is 3. The van der Waals surface area contributed by atoms with Gasteiger partial charge in [-0.15, -0.1) is 6.58 Å². The van der Waals surface area contributed by atoms with Crippen LogP contribution in [-0.2, 0) is 4.74 Å². The first-order valence-corrected chi connectivity index (χ1v) is 7.65. The van der Waals surface area contributed by atoms with Crippen LogP contribution >= 0.6 is 11.8 Å². The molecule has 2 heterocycles. The van der Waals surface area contributed by atoms with Crippen LogP contribution in [0.1, 0.15) is 13.3 Å². The van der Waals surface area contributed by atoms with Crippen molar-refractivity contribution in [1.29, 1.82) is 0 Å². The highest BCUT2D eigenvalue weighted by atomic mass is 32.2. The van der Waals surface area contributed by atoms with Gasteiger partial charge in [0.25, 0.3) is 0 Å². The minimum atomic E-state index is -1.18. The number of rotatable bonds is 4. The lowest BCUT2D eigenvalue weighted by Crippen LogP contribution is -2.57. The lowest BCUT2D eigenvalue weighted by molar-refractivity contribution is -0.176. The molecule has 1 saturated heterocycles. The van der Waals surface area contributed by atoms with E-state index in [9.17, 15) is 15.3 Å². The number of thioether (sulfide) groups is 1. The molecule has 0 aromatic heterocycles. The molecule has 2 aliphatic rings. The second-order valence-electron chi connectivity index (χ2n) is 5.12. The molecule has 7 heteroatoms. The predicted molar refractivity (Wildman–Crippen MR) is 78.6 cm³/mol. The quantitative estimate of drug-likeness (QED) is 0.623. The van der Waals surface area contributed by atoms with Crippen molar-refractivity contribution in [1.82, 2.24) is 4.90 Å². The minimum Gasteiger partial charge on any atom is -0.388 e. The summed E-state index contributed by atoms with van der Waals surface area (Å²) in [5.41, 5.74) is -0.387. The molecule has 3 N–H and O–H groups in total. The van der Waals surface area contributed by atoms with E-state index in [-0.39, 0.29) is 5.44 Å². The van der Waals surface area contributed by atoms with Gasteiger partial charge in [0.1, 0.15) is 35.9 Å². The molecule has 2 rings (SSSR count). The molecule has 0 aromatic carbocycles. The fourth-order valence-corrected chi connectivity index (χ4v) is 3.61. The highest BCUT2D eigenvalue weighted by Gasteiger charge is 2.50. The zero-order valence-corrected chi connectivity index (χ0v) is 12.5. The van der Waals surface area contributed by atoms with E-state index in [1.54, 1.807) is 0 Å². The smallest absolute Gasteiger partial charge is 0.162 e. The Morgan fingerprint density at radius 1 is 1.50 bits per heavy atom. The molecule has 1 fully saturated rings. The Balaban J connectivity index is 2.11. The maximum Gasteiger partial charge on any atom is 0.162 e. The number of hydrogen-bond acceptors (Lipinski definition) is 7. The summed E-state index contributed by atoms with van der Waals surface area (Å²) in [4.78, 5) is 6.45. The van der Waals surface area contributed by atoms with E-state index in [1.165, 1.54) is 17.8 Å². The third-order valence-corrected chi connectivity index (χ3v) is 4.80. The highest BCUT2D eigenvalue weighted by molar-refractivity contribution is 8.14. The summed E-state index contributed by atoms with van der Waals surface area (Å²) >= 11 is 1.42. The van der Waals surface area contributed by atoms with Crippen LogP contribution in [0.25, 0.3) is 0 Å². The van der Waals surface area contributed by atoms with Gasteiger partial charge in [-0.25, -0.2) is 0 Å². The van der Waals surface area contributed by atoms with Gasteiger partial charge >= 0.3 is 0 Å². The van der Waals surface area contributed by atoms with Crippen LogP contribution in [0.4, 0.5) is 0 Å². The molecule has 6 nitrogen and oxygen atoms in total. The summed E-state index contributed by atoms with van der Waals surface area (Å²) in [6, 6.07) is -0.502. The molecular formula is C13H22N2O4S. The van der Waals surface area contributed by atoms with Crippen LogP contribution in [0, 0.1) is 0 Å². The fraction of sp³-hybridized carbons (Fsp3) is 0.769. The molecule has 20 heavy (non-hydrogen) atoms. The van der Waals surface area contributed by atoms with Gasteiger partial charge in [-0.3, -0.25) is 4.99 Å². The van der Waals surface area contributed by atoms with Crippen molar-refractivity contribution >= 4 is 16.9 Å². The minimum absolute atomic E-state index is 0.387. The Kier molecular flexibility index (Phi) is 5.09. The summed E-state index contributed by atoms with van der Waals surface area (Å²) in [5, 5.41) is 30.8. The summed E-state index contributed by atoms with van der Waals surface area (Å²) < 4.78 is 5.69. The van der Waals surface area contributed by atoms with E-state index in [2.05, 4.69) is 18.5 Å². The second kappa shape index (κ2) is 6.44. The van der Waals surface area contributed by atoms with Crippen LogP contribution in [0.5, 0.6) is 0 Å². The van der Waals surface area contributed by atoms with Crippen LogP contribution in [-0.4, -0.2) is 74.9 Å². The van der Waals surface area contributed by atoms with Crippen molar-refractivity contribution < 1.29 is 20.1 Å². The number of hydrogen-bond donors (Lipinski definition) is 3. The standard InChI is InChI=1S/C13H22N2O4S/c1-4-6-15(3)13-14-8-9(17)10(18)11(7(16)5-2)19-12(8)20-13/h5,7-12,16-18H,2,4,6H2,1,3H3/t7-,8+,9+,10-,11+,12+/m0/s1. The van der Waals surface area contributed by atoms with Crippen LogP contribution < -0.4 is 0 Å². The van der Waals surface area contributed by atoms with Crippen molar-refractivity contribution in [2.24, 2.45) is 4.99 Å². The molecule has 0 bridgehead atoms. The van der Waals surface area contributed by atoms with Gasteiger partial charge in [0.05, 0.1) is 0 Å². The Hall–Kier alpha value is -0.600. The third-order valence-electron chi connectivity index (χ3n) is 3.55. The molecule has 2 aliphatic heterocycles. The zero-order valence-electron chi connectivity index (χ0n) is 11.7. The van der Waals surface area contributed by atoms with E-state index in [0.29, 0.717) is 0 Å².